The van der Waals surface area contributed by atoms with Gasteiger partial charge < -0.3 is 10.1 Å². The Balaban J connectivity index is 1.97. The lowest BCUT2D eigenvalue weighted by atomic mass is 10.1. The molecule has 2 aromatic carbocycles. The first-order chi connectivity index (χ1) is 14.1. The van der Waals surface area contributed by atoms with Crippen molar-refractivity contribution in [1.82, 2.24) is 4.72 Å². The zero-order valence-corrected chi connectivity index (χ0v) is 19.0. The third kappa shape index (κ3) is 6.86. The quantitative estimate of drug-likeness (QED) is 0.449. The van der Waals surface area contributed by atoms with E-state index >= 15 is 0 Å². The van der Waals surface area contributed by atoms with Crippen molar-refractivity contribution in [2.45, 2.75) is 36.6 Å². The molecule has 0 saturated heterocycles. The molecule has 0 aromatic heterocycles. The summed E-state index contributed by atoms with van der Waals surface area (Å²) in [6.07, 6.45) is 1.95. The van der Waals surface area contributed by atoms with Gasteiger partial charge in [-0.15, -0.1) is 11.8 Å². The van der Waals surface area contributed by atoms with E-state index in [1.165, 1.54) is 12.1 Å². The average molecular weight is 451 g/mol. The molecule has 2 aromatic rings. The summed E-state index contributed by atoms with van der Waals surface area (Å²) >= 11 is 1.58. The van der Waals surface area contributed by atoms with Crippen molar-refractivity contribution in [3.63, 3.8) is 0 Å². The van der Waals surface area contributed by atoms with Crippen LogP contribution in [0, 0.1) is 12.8 Å². The zero-order chi connectivity index (χ0) is 22.3. The van der Waals surface area contributed by atoms with Gasteiger partial charge in [-0.3, -0.25) is 9.59 Å². The Labute approximate surface area is 181 Å². The van der Waals surface area contributed by atoms with E-state index in [1.807, 2.05) is 25.3 Å². The molecule has 0 unspecified atom stereocenters. The van der Waals surface area contributed by atoms with Crippen LogP contribution in [0.25, 0.3) is 0 Å². The minimum absolute atomic E-state index is 0.0537. The second kappa shape index (κ2) is 10.6. The van der Waals surface area contributed by atoms with E-state index in [1.54, 1.807) is 49.9 Å². The number of benzene rings is 2. The van der Waals surface area contributed by atoms with Crippen LogP contribution in [0.1, 0.15) is 19.4 Å². The van der Waals surface area contributed by atoms with Gasteiger partial charge in [-0.25, -0.2) is 8.42 Å². The summed E-state index contributed by atoms with van der Waals surface area (Å²) in [5.41, 5.74) is 1.50. The van der Waals surface area contributed by atoms with E-state index in [0.29, 0.717) is 5.69 Å². The van der Waals surface area contributed by atoms with Gasteiger partial charge in [0.05, 0.1) is 4.90 Å². The van der Waals surface area contributed by atoms with Gasteiger partial charge in [0.2, 0.25) is 10.0 Å². The topological polar surface area (TPSA) is 102 Å². The molecule has 0 heterocycles. The van der Waals surface area contributed by atoms with Crippen molar-refractivity contribution in [3.05, 3.63) is 54.1 Å². The number of hydrogen-bond donors (Lipinski definition) is 2. The Morgan fingerprint density at radius 1 is 1.03 bits per heavy atom. The van der Waals surface area contributed by atoms with E-state index in [4.69, 9.17) is 4.74 Å². The van der Waals surface area contributed by atoms with Crippen molar-refractivity contribution >= 4 is 39.3 Å². The molecule has 0 radical (unpaired) electrons. The maximum absolute atomic E-state index is 12.6. The third-order valence-corrected chi connectivity index (χ3v) is 6.45. The van der Waals surface area contributed by atoms with E-state index in [9.17, 15) is 18.0 Å². The molecule has 30 heavy (non-hydrogen) atoms. The molecule has 0 aliphatic carbocycles. The molecule has 2 rings (SSSR count). The van der Waals surface area contributed by atoms with Crippen LogP contribution in [0.15, 0.2) is 58.3 Å². The van der Waals surface area contributed by atoms with Gasteiger partial charge >= 0.3 is 5.97 Å². The summed E-state index contributed by atoms with van der Waals surface area (Å²) in [7, 11) is -3.91. The van der Waals surface area contributed by atoms with E-state index < -0.39 is 34.5 Å². The predicted octanol–water partition coefficient (Wildman–Crippen LogP) is 3.20. The minimum Gasteiger partial charge on any atom is -0.454 e. The highest BCUT2D eigenvalue weighted by Gasteiger charge is 2.30. The molecule has 162 valence electrons. The summed E-state index contributed by atoms with van der Waals surface area (Å²) in [5.74, 6) is -1.70. The highest BCUT2D eigenvalue weighted by molar-refractivity contribution is 7.98. The van der Waals surface area contributed by atoms with Gasteiger partial charge in [-0.1, -0.05) is 31.5 Å². The average Bonchev–Trinajstić information content (AvgIpc) is 2.71. The number of amides is 1. The number of carbonyl (C=O) groups is 2. The van der Waals surface area contributed by atoms with Crippen LogP contribution >= 0.6 is 11.8 Å². The first-order valence-electron chi connectivity index (χ1n) is 9.32. The standard InChI is InChI=1S/C21H26N2O5S2/c1-14(2)20(23-30(26,27)18-11-5-15(3)6-12-18)21(25)28-13-19(24)22-16-7-9-17(29-4)10-8-16/h5-12,14,20,23H,13H2,1-4H3,(H,22,24)/t20-/m0/s1. The fourth-order valence-electron chi connectivity index (χ4n) is 2.51. The smallest absolute Gasteiger partial charge is 0.324 e. The van der Waals surface area contributed by atoms with Crippen LogP contribution in [-0.4, -0.2) is 39.2 Å². The van der Waals surface area contributed by atoms with E-state index in [-0.39, 0.29) is 10.8 Å². The van der Waals surface area contributed by atoms with Crippen LogP contribution in [0.2, 0.25) is 0 Å². The Bertz CT molecular complexity index is 971. The lowest BCUT2D eigenvalue weighted by molar-refractivity contribution is -0.150. The van der Waals surface area contributed by atoms with Gasteiger partial charge in [0.15, 0.2) is 6.61 Å². The molecule has 0 saturated carbocycles. The third-order valence-electron chi connectivity index (χ3n) is 4.25. The summed E-state index contributed by atoms with van der Waals surface area (Å²) in [6.45, 7) is 4.72. The molecular weight excluding hydrogens is 424 g/mol. The number of sulfonamides is 1. The molecule has 0 fully saturated rings. The summed E-state index contributed by atoms with van der Waals surface area (Å²) < 4.78 is 32.6. The molecular formula is C21H26N2O5S2. The molecule has 9 heteroatoms. The maximum atomic E-state index is 12.6. The molecule has 1 amide bonds. The number of anilines is 1. The maximum Gasteiger partial charge on any atom is 0.324 e. The Morgan fingerprint density at radius 2 is 1.63 bits per heavy atom. The van der Waals surface area contributed by atoms with Gasteiger partial charge in [0.25, 0.3) is 5.91 Å². The second-order valence-corrected chi connectivity index (χ2v) is 9.63. The molecule has 0 aliphatic heterocycles. The monoisotopic (exact) mass is 450 g/mol. The van der Waals surface area contributed by atoms with Crippen LogP contribution < -0.4 is 10.0 Å². The van der Waals surface area contributed by atoms with Gasteiger partial charge in [0, 0.05) is 10.6 Å². The lowest BCUT2D eigenvalue weighted by Gasteiger charge is -2.20. The van der Waals surface area contributed by atoms with Gasteiger partial charge in [-0.05, 0) is 55.5 Å². The van der Waals surface area contributed by atoms with Crippen LogP contribution in [-0.2, 0) is 24.3 Å². The summed E-state index contributed by atoms with van der Waals surface area (Å²) in [5, 5.41) is 2.63. The van der Waals surface area contributed by atoms with Crippen LogP contribution in [0.4, 0.5) is 5.69 Å². The number of esters is 1. The van der Waals surface area contributed by atoms with Crippen molar-refractivity contribution in [1.29, 1.82) is 0 Å². The SMILES string of the molecule is CSc1ccc(NC(=O)COC(=O)[C@@H](NS(=O)(=O)c2ccc(C)cc2)C(C)C)cc1. The van der Waals surface area contributed by atoms with Crippen molar-refractivity contribution < 1.29 is 22.7 Å². The number of ether oxygens (including phenoxy) is 1. The van der Waals surface area contributed by atoms with Crippen LogP contribution in [0.3, 0.4) is 0 Å². The van der Waals surface area contributed by atoms with Crippen molar-refractivity contribution in [2.75, 3.05) is 18.2 Å². The van der Waals surface area contributed by atoms with E-state index in [0.717, 1.165) is 10.5 Å². The molecule has 7 nitrogen and oxygen atoms in total. The highest BCUT2D eigenvalue weighted by Crippen LogP contribution is 2.17. The number of rotatable bonds is 9. The Hall–Kier alpha value is -2.36. The minimum atomic E-state index is -3.91. The first-order valence-corrected chi connectivity index (χ1v) is 12.0. The summed E-state index contributed by atoms with van der Waals surface area (Å²) in [6, 6.07) is 12.4. The van der Waals surface area contributed by atoms with Gasteiger partial charge in [-0.2, -0.15) is 4.72 Å². The second-order valence-electron chi connectivity index (χ2n) is 7.04. The fourth-order valence-corrected chi connectivity index (χ4v) is 4.25. The van der Waals surface area contributed by atoms with Gasteiger partial charge in [0.1, 0.15) is 6.04 Å². The number of aryl methyl sites for hydroxylation is 1. The lowest BCUT2D eigenvalue weighted by Crippen LogP contribution is -2.45. The summed E-state index contributed by atoms with van der Waals surface area (Å²) in [4.78, 5) is 25.6. The van der Waals surface area contributed by atoms with Crippen molar-refractivity contribution in [3.8, 4) is 0 Å². The first kappa shape index (κ1) is 23.9. The normalized spacial score (nSPS) is 12.4. The molecule has 2 N–H and O–H groups in total. The van der Waals surface area contributed by atoms with Crippen LogP contribution in [0.5, 0.6) is 0 Å². The number of thioether (sulfide) groups is 1. The van der Waals surface area contributed by atoms with E-state index in [2.05, 4.69) is 10.0 Å². The Kier molecular flexibility index (Phi) is 8.45. The predicted molar refractivity (Wildman–Crippen MR) is 118 cm³/mol. The molecule has 1 atom stereocenters. The molecule has 0 aliphatic rings. The number of nitrogens with one attached hydrogen (secondary N) is 2. The number of hydrogen-bond acceptors (Lipinski definition) is 6. The molecule has 0 spiro atoms. The van der Waals surface area contributed by atoms with Crippen molar-refractivity contribution in [2.24, 2.45) is 5.92 Å². The largest absolute Gasteiger partial charge is 0.454 e. The number of carbonyl (C=O) groups excluding carboxylic acids is 2. The highest BCUT2D eigenvalue weighted by atomic mass is 32.2. The zero-order valence-electron chi connectivity index (χ0n) is 17.3. The fraction of sp³-hybridized carbons (Fsp3) is 0.333. The molecule has 0 bridgehead atoms. The Morgan fingerprint density at radius 3 is 2.17 bits per heavy atom.